The third-order valence-electron chi connectivity index (χ3n) is 15.5. The maximum absolute atomic E-state index is 13.0. The molecular weight excluding hydrogens is 1100 g/mol. The molecule has 460 valence electrons. The number of fused-ring (bicyclic) bond motifs is 1. The van der Waals surface area contributed by atoms with E-state index < -0.39 is 62.5 Å². The predicted octanol–water partition coefficient (Wildman–Crippen LogP) is 15.9. The summed E-state index contributed by atoms with van der Waals surface area (Å²) in [5.74, 6) is -3.38. The van der Waals surface area contributed by atoms with Gasteiger partial charge in [0.05, 0.1) is 16.2 Å². The number of benzene rings is 4. The van der Waals surface area contributed by atoms with E-state index in [-0.39, 0.29) is 46.0 Å². The molecule has 0 amide bonds. The number of piperidine rings is 1. The van der Waals surface area contributed by atoms with Gasteiger partial charge in [0.1, 0.15) is 39.1 Å². The lowest BCUT2D eigenvalue weighted by atomic mass is 9.80. The summed E-state index contributed by atoms with van der Waals surface area (Å²) in [6.45, 7) is 31.7. The third-order valence-corrected chi connectivity index (χ3v) is 19.5. The molecule has 0 aromatic heterocycles. The Morgan fingerprint density at radius 3 is 1.60 bits per heavy atom. The summed E-state index contributed by atoms with van der Waals surface area (Å²) in [4.78, 5) is 37.5. The first-order chi connectivity index (χ1) is 37.6. The highest BCUT2D eigenvalue weighted by atomic mass is 32.2. The molecule has 3 aliphatic rings. The number of halogens is 5. The number of sulfonamides is 1. The number of esters is 3. The predicted molar refractivity (Wildman–Crippen MR) is 318 cm³/mol. The van der Waals surface area contributed by atoms with Crippen LogP contribution in [0.4, 0.5) is 22.0 Å². The number of carbonyl (C=O) groups is 3. The lowest BCUT2D eigenvalue weighted by Gasteiger charge is -2.46. The molecule has 4 aromatic carbocycles. The fourth-order valence-electron chi connectivity index (χ4n) is 8.55. The third kappa shape index (κ3) is 19.5. The highest BCUT2D eigenvalue weighted by molar-refractivity contribution is 7.97. The number of ether oxygens (including phenoxy) is 3. The quantitative estimate of drug-likeness (QED) is 0.0532. The van der Waals surface area contributed by atoms with Gasteiger partial charge in [-0.3, -0.25) is 14.4 Å². The molecule has 0 radical (unpaired) electrons. The van der Waals surface area contributed by atoms with E-state index in [1.165, 1.54) is 54.9 Å². The Hall–Kier alpha value is -4.98. The van der Waals surface area contributed by atoms with E-state index in [4.69, 9.17) is 14.2 Å². The van der Waals surface area contributed by atoms with E-state index in [2.05, 4.69) is 82.8 Å². The molecule has 4 aromatic rings. The molecule has 12 nitrogen and oxygen atoms in total. The summed E-state index contributed by atoms with van der Waals surface area (Å²) in [5, 5.41) is 19.1. The largest absolute Gasteiger partial charge is 0.543 e. The van der Waals surface area contributed by atoms with Crippen LogP contribution in [0.2, 0.25) is 0 Å². The molecule has 3 aliphatic heterocycles. The number of rotatable bonds is 12. The SMILES string of the molecule is CCC(C)(C)C(=O)OC1CC(C)(C)NC(C)(C)C1.CCC(C)(C)C(=O)Oc1cccc(F)c1O.CCC(C)(C)C(=O)Oc1cccc2c(O)cccc12.CCC(C)(C)c1ccc([S+]2CCCCC2)cc1.O=S1(=O)[N-]CCC(F)(F)C1(F)F. The topological polar surface area (TPSA) is 180 Å². The van der Waals surface area contributed by atoms with Crippen LogP contribution in [0.1, 0.15) is 181 Å². The van der Waals surface area contributed by atoms with Gasteiger partial charge in [0.25, 0.3) is 0 Å². The molecule has 0 saturated carbocycles. The van der Waals surface area contributed by atoms with Crippen LogP contribution in [0.15, 0.2) is 83.8 Å². The standard InChI is InChI=1S/C16H18O3.C16H25S.C15H29NO2.C12H15FO3.C4H4F4NO2S/c1-4-16(2,3)15(18)19-14-10-6-7-11-12(14)8-5-9-13(11)17;1-4-16(2,3)14-8-10-15(11-9-14)17-12-6-5-7-13-17;1-8-13(2,3)12(17)18-11-9-14(4,5)16-15(6,7)10-11;1-4-12(2,3)11(15)16-9-7-5-6-8(13)10(9)14;5-3(6)1-2-9-12(10,11)4(3,7)8/h5-10,17H,4H2,1-3H3;8-11H,4-7,12-13H2,1-3H3;11,16H,8-10H2,1-7H3;5-7,14H,4H2,1-3H3;1-2H2/q;+1;;;-1. The number of phenols is 2. The minimum Gasteiger partial charge on any atom is -0.543 e. The van der Waals surface area contributed by atoms with Crippen LogP contribution in [-0.4, -0.2) is 82.9 Å². The van der Waals surface area contributed by atoms with Gasteiger partial charge in [0, 0.05) is 52.0 Å². The van der Waals surface area contributed by atoms with Crippen LogP contribution in [0.3, 0.4) is 0 Å². The van der Waals surface area contributed by atoms with Crippen molar-refractivity contribution >= 4 is 49.6 Å². The monoisotopic (exact) mass is 1190 g/mol. The summed E-state index contributed by atoms with van der Waals surface area (Å²) < 4.78 is 101. The molecule has 3 N–H and O–H groups in total. The molecule has 0 bridgehead atoms. The fourth-order valence-corrected chi connectivity index (χ4v) is 11.8. The van der Waals surface area contributed by atoms with Gasteiger partial charge in [0.2, 0.25) is 0 Å². The number of nitrogens with zero attached hydrogens (tertiary/aromatic N) is 1. The highest BCUT2D eigenvalue weighted by Crippen LogP contribution is 2.47. The van der Waals surface area contributed by atoms with Gasteiger partial charge < -0.3 is 34.5 Å². The molecule has 0 spiro atoms. The molecule has 19 heteroatoms. The summed E-state index contributed by atoms with van der Waals surface area (Å²) in [7, 11) is -4.77. The molecule has 0 aliphatic carbocycles. The number of hydrogen-bond acceptors (Lipinski definition) is 11. The first-order valence-corrected chi connectivity index (χ1v) is 31.3. The number of alkyl halides is 4. The molecule has 0 atom stereocenters. The van der Waals surface area contributed by atoms with Crippen molar-refractivity contribution in [2.75, 3.05) is 18.1 Å². The van der Waals surface area contributed by atoms with Crippen molar-refractivity contribution in [2.45, 2.75) is 214 Å². The normalized spacial score (nSPS) is 18.5. The zero-order valence-electron chi connectivity index (χ0n) is 51.1. The molecule has 3 heterocycles. The van der Waals surface area contributed by atoms with Gasteiger partial charge in [-0.1, -0.05) is 84.0 Å². The van der Waals surface area contributed by atoms with Gasteiger partial charge in [-0.15, -0.1) is 6.54 Å². The number of para-hydroxylation sites is 1. The Labute approximate surface area is 487 Å². The van der Waals surface area contributed by atoms with Crippen molar-refractivity contribution in [1.29, 1.82) is 0 Å². The van der Waals surface area contributed by atoms with Gasteiger partial charge in [-0.2, -0.15) is 17.6 Å². The molecule has 3 saturated heterocycles. The summed E-state index contributed by atoms with van der Waals surface area (Å²) in [6, 6.07) is 23.8. The molecule has 0 unspecified atom stereocenters. The van der Waals surface area contributed by atoms with E-state index >= 15 is 0 Å². The zero-order valence-corrected chi connectivity index (χ0v) is 52.7. The maximum Gasteiger partial charge on any atom is 0.391 e. The minimum absolute atomic E-state index is 0.0169. The van der Waals surface area contributed by atoms with Crippen molar-refractivity contribution in [3.05, 3.63) is 95.0 Å². The number of nitrogens with one attached hydrogen (secondary N) is 1. The van der Waals surface area contributed by atoms with Crippen molar-refractivity contribution in [1.82, 2.24) is 5.32 Å². The van der Waals surface area contributed by atoms with E-state index in [0.29, 0.717) is 40.3 Å². The molecule has 3 fully saturated rings. The van der Waals surface area contributed by atoms with Crippen molar-refractivity contribution in [3.63, 3.8) is 0 Å². The second-order valence-corrected chi connectivity index (χ2v) is 29.1. The van der Waals surface area contributed by atoms with Crippen LogP contribution in [-0.2, 0) is 45.5 Å². The average Bonchev–Trinajstić information content (AvgIpc) is 3.46. The Balaban J connectivity index is 0.000000271. The van der Waals surface area contributed by atoms with Crippen LogP contribution < -0.4 is 14.8 Å². The number of phenolic OH excluding ortho intramolecular Hbond substituents is 2. The summed E-state index contributed by atoms with van der Waals surface area (Å²) >= 11 is 0. The van der Waals surface area contributed by atoms with Gasteiger partial charge in [0.15, 0.2) is 22.2 Å². The van der Waals surface area contributed by atoms with Gasteiger partial charge in [-0.25, -0.2) is 12.8 Å². The Morgan fingerprint density at radius 2 is 1.11 bits per heavy atom. The Bertz CT molecular complexity index is 2850. The first-order valence-electron chi connectivity index (χ1n) is 28.3. The van der Waals surface area contributed by atoms with E-state index in [1.807, 2.05) is 54.5 Å². The van der Waals surface area contributed by atoms with Gasteiger partial charge >= 0.3 is 29.1 Å². The maximum atomic E-state index is 13.0. The van der Waals surface area contributed by atoms with Gasteiger partial charge in [-0.05, 0) is 162 Å². The van der Waals surface area contributed by atoms with Crippen molar-refractivity contribution < 1.29 is 69.2 Å². The highest BCUT2D eigenvalue weighted by Gasteiger charge is 2.62. The van der Waals surface area contributed by atoms with E-state index in [1.54, 1.807) is 49.1 Å². The summed E-state index contributed by atoms with van der Waals surface area (Å²) in [6.07, 6.45) is 8.19. The molecule has 82 heavy (non-hydrogen) atoms. The first kappa shape index (κ1) is 71.3. The number of aromatic hydroxyl groups is 2. The van der Waals surface area contributed by atoms with Crippen molar-refractivity contribution in [3.8, 4) is 23.0 Å². The Morgan fingerprint density at radius 1 is 0.646 bits per heavy atom. The number of carbonyl (C=O) groups excluding carboxylic acids is 3. The summed E-state index contributed by atoms with van der Waals surface area (Å²) in [5.41, 5.74) is 0.307. The second kappa shape index (κ2) is 28.7. The fraction of sp³-hybridized carbons (Fsp3) is 0.603. The van der Waals surface area contributed by atoms with Crippen LogP contribution in [0.5, 0.6) is 23.0 Å². The molecule has 7 rings (SSSR count). The Kier molecular flexibility index (Phi) is 25.0. The van der Waals surface area contributed by atoms with E-state index in [9.17, 15) is 55.0 Å². The van der Waals surface area contributed by atoms with Crippen LogP contribution in [0.25, 0.3) is 15.5 Å². The van der Waals surface area contributed by atoms with E-state index in [0.717, 1.165) is 30.7 Å². The molecular formula is C63H91F5N2O10S2. The van der Waals surface area contributed by atoms with Crippen LogP contribution >= 0.6 is 0 Å². The second-order valence-electron chi connectivity index (χ2n) is 25.1. The number of hydrogen-bond donors (Lipinski definition) is 3. The van der Waals surface area contributed by atoms with Crippen molar-refractivity contribution in [2.24, 2.45) is 16.2 Å². The zero-order chi connectivity index (χ0) is 62.5. The van der Waals surface area contributed by atoms with Crippen LogP contribution in [0, 0.1) is 22.1 Å². The average molecular weight is 1200 g/mol. The lowest BCUT2D eigenvalue weighted by Crippen LogP contribution is -2.60. The lowest BCUT2D eigenvalue weighted by molar-refractivity contribution is -0.164. The minimum atomic E-state index is -5.33. The smallest absolute Gasteiger partial charge is 0.391 e.